The molecule has 0 saturated carbocycles. The maximum absolute atomic E-state index is 12.1. The predicted molar refractivity (Wildman–Crippen MR) is 91.6 cm³/mol. The van der Waals surface area contributed by atoms with E-state index in [0.717, 1.165) is 16.8 Å². The van der Waals surface area contributed by atoms with E-state index < -0.39 is 0 Å². The molecule has 5 nitrogen and oxygen atoms in total. The van der Waals surface area contributed by atoms with Crippen LogP contribution in [0.25, 0.3) is 0 Å². The molecule has 0 bridgehead atoms. The molecular formula is C18H21N3O2. The second-order valence-electron chi connectivity index (χ2n) is 5.65. The van der Waals surface area contributed by atoms with Gasteiger partial charge in [0.1, 0.15) is 0 Å². The van der Waals surface area contributed by atoms with Crippen molar-refractivity contribution >= 4 is 17.5 Å². The first kappa shape index (κ1) is 16.5. The zero-order valence-electron chi connectivity index (χ0n) is 13.8. The van der Waals surface area contributed by atoms with E-state index in [4.69, 9.17) is 0 Å². The Kier molecular flexibility index (Phi) is 5.01. The van der Waals surface area contributed by atoms with E-state index >= 15 is 0 Å². The highest BCUT2D eigenvalue weighted by Gasteiger charge is 2.10. The van der Waals surface area contributed by atoms with Crippen LogP contribution in [0.4, 0.5) is 5.69 Å². The summed E-state index contributed by atoms with van der Waals surface area (Å²) in [6.07, 6.45) is 0. The number of nitrogens with zero attached hydrogens (tertiary/aromatic N) is 1. The third kappa shape index (κ3) is 4.10. The summed E-state index contributed by atoms with van der Waals surface area (Å²) < 4.78 is 0. The number of rotatable bonds is 3. The van der Waals surface area contributed by atoms with Gasteiger partial charge in [-0.3, -0.25) is 20.4 Å². The van der Waals surface area contributed by atoms with Crippen LogP contribution in [0.1, 0.15) is 31.8 Å². The van der Waals surface area contributed by atoms with Crippen molar-refractivity contribution in [2.45, 2.75) is 13.8 Å². The van der Waals surface area contributed by atoms with Crippen molar-refractivity contribution in [3.05, 3.63) is 64.7 Å². The number of hydrogen-bond acceptors (Lipinski definition) is 3. The van der Waals surface area contributed by atoms with Crippen molar-refractivity contribution in [1.29, 1.82) is 0 Å². The van der Waals surface area contributed by atoms with E-state index in [9.17, 15) is 9.59 Å². The van der Waals surface area contributed by atoms with Crippen molar-refractivity contribution in [1.82, 2.24) is 10.9 Å². The summed E-state index contributed by atoms with van der Waals surface area (Å²) in [6.45, 7) is 3.92. The number of nitrogens with one attached hydrogen (secondary N) is 2. The van der Waals surface area contributed by atoms with Crippen LogP contribution in [0.5, 0.6) is 0 Å². The van der Waals surface area contributed by atoms with E-state index in [1.807, 2.05) is 45.0 Å². The van der Waals surface area contributed by atoms with Gasteiger partial charge < -0.3 is 4.90 Å². The van der Waals surface area contributed by atoms with Crippen LogP contribution >= 0.6 is 0 Å². The lowest BCUT2D eigenvalue weighted by Gasteiger charge is -2.14. The van der Waals surface area contributed by atoms with E-state index in [2.05, 4.69) is 10.9 Å². The zero-order valence-corrected chi connectivity index (χ0v) is 13.8. The number of carbonyl (C=O) groups excluding carboxylic acids is 2. The zero-order chi connectivity index (χ0) is 17.0. The molecule has 0 atom stereocenters. The topological polar surface area (TPSA) is 61.4 Å². The van der Waals surface area contributed by atoms with Gasteiger partial charge in [-0.15, -0.1) is 0 Å². The Morgan fingerprint density at radius 2 is 1.43 bits per heavy atom. The molecule has 5 heteroatoms. The summed E-state index contributed by atoms with van der Waals surface area (Å²) in [4.78, 5) is 26.1. The van der Waals surface area contributed by atoms with E-state index in [1.54, 1.807) is 30.3 Å². The molecule has 0 fully saturated rings. The second-order valence-corrected chi connectivity index (χ2v) is 5.65. The Balaban J connectivity index is 2.02. The Hall–Kier alpha value is -2.82. The van der Waals surface area contributed by atoms with Crippen LogP contribution in [-0.2, 0) is 0 Å². The molecule has 0 aliphatic rings. The molecule has 0 aliphatic heterocycles. The lowest BCUT2D eigenvalue weighted by molar-refractivity contribution is 0.0846. The average Bonchev–Trinajstić information content (AvgIpc) is 2.54. The number of anilines is 1. The number of aryl methyl sites for hydroxylation is 2. The Bertz CT molecular complexity index is 739. The molecule has 0 heterocycles. The van der Waals surface area contributed by atoms with Crippen molar-refractivity contribution in [3.8, 4) is 0 Å². The fraction of sp³-hybridized carbons (Fsp3) is 0.222. The highest BCUT2D eigenvalue weighted by Crippen LogP contribution is 2.13. The van der Waals surface area contributed by atoms with Crippen LogP contribution in [-0.4, -0.2) is 25.9 Å². The average molecular weight is 311 g/mol. The van der Waals surface area contributed by atoms with E-state index in [-0.39, 0.29) is 11.8 Å². The minimum Gasteiger partial charge on any atom is -0.378 e. The highest BCUT2D eigenvalue weighted by atomic mass is 16.2. The summed E-state index contributed by atoms with van der Waals surface area (Å²) in [5.41, 5.74) is 8.94. The number of hydrogen-bond donors (Lipinski definition) is 2. The molecular weight excluding hydrogens is 290 g/mol. The van der Waals surface area contributed by atoms with Gasteiger partial charge >= 0.3 is 0 Å². The Morgan fingerprint density at radius 1 is 0.826 bits per heavy atom. The lowest BCUT2D eigenvalue weighted by Crippen LogP contribution is -2.41. The number of carbonyl (C=O) groups is 2. The van der Waals surface area contributed by atoms with Gasteiger partial charge in [-0.1, -0.05) is 12.1 Å². The molecule has 2 rings (SSSR count). The standard InChI is InChI=1S/C18H21N3O2/c1-12-8-9-15(10-13(12)2)18(23)20-19-17(22)14-6-5-7-16(11-14)21(3)4/h5-11H,1-4H3,(H,19,22)(H,20,23). The molecule has 2 aromatic carbocycles. The first-order valence-electron chi connectivity index (χ1n) is 7.34. The van der Waals surface area contributed by atoms with Gasteiger partial charge in [-0.2, -0.15) is 0 Å². The quantitative estimate of drug-likeness (QED) is 0.856. The molecule has 0 unspecified atom stereocenters. The summed E-state index contributed by atoms with van der Waals surface area (Å²) >= 11 is 0. The summed E-state index contributed by atoms with van der Waals surface area (Å²) in [6, 6.07) is 12.6. The normalized spacial score (nSPS) is 10.1. The van der Waals surface area contributed by atoms with Gasteiger partial charge in [0, 0.05) is 30.9 Å². The molecule has 0 spiro atoms. The highest BCUT2D eigenvalue weighted by molar-refractivity contribution is 5.99. The first-order chi connectivity index (χ1) is 10.9. The molecule has 2 amide bonds. The van der Waals surface area contributed by atoms with Gasteiger partial charge in [0.25, 0.3) is 11.8 Å². The van der Waals surface area contributed by atoms with Gasteiger partial charge in [0.15, 0.2) is 0 Å². The fourth-order valence-corrected chi connectivity index (χ4v) is 2.07. The van der Waals surface area contributed by atoms with Crippen molar-refractivity contribution in [2.75, 3.05) is 19.0 Å². The molecule has 0 saturated heterocycles. The predicted octanol–water partition coefficient (Wildman–Crippen LogP) is 2.44. The molecule has 2 N–H and O–H groups in total. The third-order valence-corrected chi connectivity index (χ3v) is 3.68. The number of hydrazine groups is 1. The fourth-order valence-electron chi connectivity index (χ4n) is 2.07. The van der Waals surface area contributed by atoms with Crippen molar-refractivity contribution in [3.63, 3.8) is 0 Å². The van der Waals surface area contributed by atoms with Crippen molar-refractivity contribution in [2.24, 2.45) is 0 Å². The van der Waals surface area contributed by atoms with Crippen LogP contribution in [0.2, 0.25) is 0 Å². The molecule has 120 valence electrons. The van der Waals surface area contributed by atoms with Gasteiger partial charge in [0.05, 0.1) is 0 Å². The monoisotopic (exact) mass is 311 g/mol. The van der Waals surface area contributed by atoms with Crippen LogP contribution in [0.15, 0.2) is 42.5 Å². The maximum Gasteiger partial charge on any atom is 0.269 e. The third-order valence-electron chi connectivity index (χ3n) is 3.68. The van der Waals surface area contributed by atoms with Crippen LogP contribution < -0.4 is 15.8 Å². The molecule has 2 aromatic rings. The number of amides is 2. The molecule has 23 heavy (non-hydrogen) atoms. The minimum atomic E-state index is -0.356. The number of benzene rings is 2. The van der Waals surface area contributed by atoms with Crippen LogP contribution in [0, 0.1) is 13.8 Å². The SMILES string of the molecule is Cc1ccc(C(=O)NNC(=O)c2cccc(N(C)C)c2)cc1C. The smallest absolute Gasteiger partial charge is 0.269 e. The van der Waals surface area contributed by atoms with Gasteiger partial charge in [-0.05, 0) is 55.3 Å². The van der Waals surface area contributed by atoms with Crippen molar-refractivity contribution < 1.29 is 9.59 Å². The van der Waals surface area contributed by atoms with Crippen LogP contribution in [0.3, 0.4) is 0 Å². The van der Waals surface area contributed by atoms with Gasteiger partial charge in [0.2, 0.25) is 0 Å². The molecule has 0 aliphatic carbocycles. The Labute approximate surface area is 136 Å². The maximum atomic E-state index is 12.1. The Morgan fingerprint density at radius 3 is 2.00 bits per heavy atom. The lowest BCUT2D eigenvalue weighted by atomic mass is 10.1. The second kappa shape index (κ2) is 6.96. The largest absolute Gasteiger partial charge is 0.378 e. The summed E-state index contributed by atoms with van der Waals surface area (Å²) in [5, 5.41) is 0. The summed E-state index contributed by atoms with van der Waals surface area (Å²) in [5.74, 6) is -0.698. The first-order valence-corrected chi connectivity index (χ1v) is 7.34. The molecule has 0 aromatic heterocycles. The molecule has 0 radical (unpaired) electrons. The summed E-state index contributed by atoms with van der Waals surface area (Å²) in [7, 11) is 3.80. The van der Waals surface area contributed by atoms with Gasteiger partial charge in [-0.25, -0.2) is 0 Å². The minimum absolute atomic E-state index is 0.342. The van der Waals surface area contributed by atoms with E-state index in [0.29, 0.717) is 11.1 Å². The van der Waals surface area contributed by atoms with E-state index in [1.165, 1.54) is 0 Å².